The van der Waals surface area contributed by atoms with Gasteiger partial charge in [-0.2, -0.15) is 0 Å². The Balaban J connectivity index is 1.19. The van der Waals surface area contributed by atoms with Gasteiger partial charge in [-0.25, -0.2) is 9.59 Å². The lowest BCUT2D eigenvalue weighted by molar-refractivity contribution is -0.143. The zero-order chi connectivity index (χ0) is 39.1. The maximum Gasteiger partial charge on any atom is 0.330 e. The summed E-state index contributed by atoms with van der Waals surface area (Å²) in [6.45, 7) is 16.4. The molecule has 3 aliphatic rings. The van der Waals surface area contributed by atoms with E-state index in [1.165, 1.54) is 60.2 Å². The van der Waals surface area contributed by atoms with Crippen molar-refractivity contribution in [3.8, 4) is 55.6 Å². The van der Waals surface area contributed by atoms with Crippen molar-refractivity contribution in [2.75, 3.05) is 13.2 Å². The first kappa shape index (κ1) is 36.1. The van der Waals surface area contributed by atoms with E-state index in [1.807, 2.05) is 0 Å². The molecule has 0 N–H and O–H groups in total. The molecule has 0 unspecified atom stereocenters. The van der Waals surface area contributed by atoms with Gasteiger partial charge in [0.15, 0.2) is 0 Å². The molecule has 0 fully saturated rings. The van der Waals surface area contributed by atoms with E-state index in [2.05, 4.69) is 179 Å². The molecular weight excluding hydrogens is 803 g/mol. The van der Waals surface area contributed by atoms with Gasteiger partial charge >= 0.3 is 11.9 Å². The fourth-order valence-corrected chi connectivity index (χ4v) is 9.98. The van der Waals surface area contributed by atoms with Gasteiger partial charge in [0.1, 0.15) is 13.2 Å². The van der Waals surface area contributed by atoms with Gasteiger partial charge in [0, 0.05) is 26.6 Å². The Hall–Kier alpha value is -5.53. The van der Waals surface area contributed by atoms with Crippen LogP contribution < -0.4 is 0 Å². The molecule has 276 valence electrons. The van der Waals surface area contributed by atoms with Crippen LogP contribution in [0.2, 0.25) is 0 Å². The lowest BCUT2D eigenvalue weighted by Crippen LogP contribution is -2.38. The predicted molar refractivity (Wildman–Crippen MR) is 234 cm³/mol. The van der Waals surface area contributed by atoms with Crippen LogP contribution in [0.4, 0.5) is 0 Å². The molecule has 9 rings (SSSR count). The average Bonchev–Trinajstić information content (AvgIpc) is 3.71. The Bertz CT molecular complexity index is 2670. The second kappa shape index (κ2) is 13.0. The summed E-state index contributed by atoms with van der Waals surface area (Å²) >= 11 is 2.39. The molecule has 0 spiro atoms. The third-order valence-electron chi connectivity index (χ3n) is 12.5. The van der Waals surface area contributed by atoms with Crippen molar-refractivity contribution < 1.29 is 19.1 Å². The van der Waals surface area contributed by atoms with Crippen LogP contribution in [0.15, 0.2) is 141 Å². The lowest BCUT2D eigenvalue weighted by atomic mass is 9.77. The molecule has 0 atom stereocenters. The quantitative estimate of drug-likeness (QED) is 0.0870. The van der Waals surface area contributed by atoms with E-state index in [9.17, 15) is 9.59 Å². The number of esters is 2. The fourth-order valence-electron chi connectivity index (χ4n) is 9.49. The molecule has 3 aliphatic carbocycles. The molecule has 4 nitrogen and oxygen atoms in total. The van der Waals surface area contributed by atoms with E-state index >= 15 is 0 Å². The summed E-state index contributed by atoms with van der Waals surface area (Å²) in [4.78, 5) is 25.6. The van der Waals surface area contributed by atoms with Gasteiger partial charge in [0.25, 0.3) is 0 Å². The summed E-state index contributed by atoms with van der Waals surface area (Å²) < 4.78 is 13.1. The Morgan fingerprint density at radius 2 is 0.857 bits per heavy atom. The highest BCUT2D eigenvalue weighted by atomic mass is 127. The van der Waals surface area contributed by atoms with Crippen molar-refractivity contribution in [3.05, 3.63) is 178 Å². The van der Waals surface area contributed by atoms with Crippen LogP contribution in [0.5, 0.6) is 0 Å². The molecule has 5 heteroatoms. The van der Waals surface area contributed by atoms with E-state index < -0.39 is 17.4 Å². The molecule has 0 radical (unpaired) electrons. The number of fused-ring (bicyclic) bond motifs is 9. The minimum atomic E-state index is -1.01. The summed E-state index contributed by atoms with van der Waals surface area (Å²) in [5.74, 6) is -1.09. The third kappa shape index (κ3) is 5.38. The van der Waals surface area contributed by atoms with Gasteiger partial charge in [0.05, 0.1) is 5.41 Å². The summed E-state index contributed by atoms with van der Waals surface area (Å²) in [5.41, 5.74) is 17.1. The highest BCUT2D eigenvalue weighted by Crippen LogP contribution is 2.54. The largest absolute Gasteiger partial charge is 0.461 e. The summed E-state index contributed by atoms with van der Waals surface area (Å²) in [6, 6.07) is 41.8. The molecule has 0 amide bonds. The Labute approximate surface area is 342 Å². The number of ether oxygens (including phenoxy) is 2. The molecule has 6 aromatic carbocycles. The normalized spacial score (nSPS) is 15.4. The van der Waals surface area contributed by atoms with Crippen molar-refractivity contribution in [1.29, 1.82) is 0 Å². The number of benzene rings is 6. The molecule has 0 aromatic heterocycles. The highest BCUT2D eigenvalue weighted by molar-refractivity contribution is 14.1. The summed E-state index contributed by atoms with van der Waals surface area (Å²) in [6.07, 6.45) is 2.34. The van der Waals surface area contributed by atoms with Gasteiger partial charge in [0.2, 0.25) is 0 Å². The molecule has 56 heavy (non-hydrogen) atoms. The second-order valence-electron chi connectivity index (χ2n) is 16.2. The summed E-state index contributed by atoms with van der Waals surface area (Å²) in [7, 11) is 0. The highest BCUT2D eigenvalue weighted by Gasteiger charge is 2.46. The minimum absolute atomic E-state index is 0.0487. The number of halogens is 1. The van der Waals surface area contributed by atoms with Crippen LogP contribution >= 0.6 is 22.6 Å². The summed E-state index contributed by atoms with van der Waals surface area (Å²) in [5, 5.41) is 0. The maximum absolute atomic E-state index is 12.8. The van der Waals surface area contributed by atoms with Crippen LogP contribution in [-0.2, 0) is 35.3 Å². The third-order valence-corrected chi connectivity index (χ3v) is 13.2. The monoisotopic (exact) mass is 844 g/mol. The van der Waals surface area contributed by atoms with Crippen molar-refractivity contribution >= 4 is 34.5 Å². The number of hydrogen-bond donors (Lipinski definition) is 0. The topological polar surface area (TPSA) is 52.6 Å². The van der Waals surface area contributed by atoms with E-state index in [0.717, 1.165) is 44.5 Å². The van der Waals surface area contributed by atoms with Gasteiger partial charge < -0.3 is 9.47 Å². The number of carbonyl (C=O) groups excluding carboxylic acids is 2. The molecule has 0 aliphatic heterocycles. The molecule has 0 bridgehead atoms. The molecular formula is C51H41IO4. The SMILES string of the molecule is C=CC(=O)OCC1(COC(=O)C=C)c2cc(-c3ccc4c(c3)C(C)(C)c3ccccc3-4)ccc2-c2ccc(-c3ccc4c(c3)C(C)(C)c3cc(I)ccc3-4)cc21. The van der Waals surface area contributed by atoms with Crippen LogP contribution in [0.1, 0.15) is 61.1 Å². The number of carbonyl (C=O) groups is 2. The maximum atomic E-state index is 12.8. The number of hydrogen-bond acceptors (Lipinski definition) is 4. The fraction of sp³-hybridized carbons (Fsp3) is 0.176. The van der Waals surface area contributed by atoms with E-state index in [0.29, 0.717) is 0 Å². The van der Waals surface area contributed by atoms with Crippen LogP contribution in [0.25, 0.3) is 55.6 Å². The molecule has 0 heterocycles. The predicted octanol–water partition coefficient (Wildman–Crippen LogP) is 12.0. The Morgan fingerprint density at radius 1 is 0.500 bits per heavy atom. The van der Waals surface area contributed by atoms with Crippen LogP contribution in [0, 0.1) is 3.57 Å². The van der Waals surface area contributed by atoms with Gasteiger partial charge in [-0.1, -0.05) is 120 Å². The average molecular weight is 845 g/mol. The first-order valence-electron chi connectivity index (χ1n) is 19.0. The minimum Gasteiger partial charge on any atom is -0.461 e. The van der Waals surface area contributed by atoms with Crippen molar-refractivity contribution in [2.45, 2.75) is 43.9 Å². The van der Waals surface area contributed by atoms with Crippen molar-refractivity contribution in [1.82, 2.24) is 0 Å². The van der Waals surface area contributed by atoms with E-state index in [4.69, 9.17) is 9.47 Å². The standard InChI is InChI=1S/C51H41IO4/c1-7-47(53)55-28-51(29-56-48(54)8-2)45-25-32(30-13-18-36-35-11-9-10-12-41(35)49(3,4)42(36)23-30)15-20-39(45)40-21-16-33(26-46(40)51)31-14-19-37-38-22-17-34(52)27-44(38)50(5,6)43(37)24-31/h7-27H,1-2,28-29H2,3-6H3. The first-order valence-corrected chi connectivity index (χ1v) is 20.0. The zero-order valence-electron chi connectivity index (χ0n) is 32.0. The smallest absolute Gasteiger partial charge is 0.330 e. The van der Waals surface area contributed by atoms with Gasteiger partial charge in [-0.3, -0.25) is 0 Å². The van der Waals surface area contributed by atoms with Gasteiger partial charge in [-0.15, -0.1) is 0 Å². The first-order chi connectivity index (χ1) is 26.9. The van der Waals surface area contributed by atoms with Crippen LogP contribution in [-0.4, -0.2) is 25.2 Å². The van der Waals surface area contributed by atoms with Crippen molar-refractivity contribution in [3.63, 3.8) is 0 Å². The Morgan fingerprint density at radius 3 is 1.32 bits per heavy atom. The van der Waals surface area contributed by atoms with E-state index in [1.54, 1.807) is 0 Å². The van der Waals surface area contributed by atoms with Crippen LogP contribution in [0.3, 0.4) is 0 Å². The van der Waals surface area contributed by atoms with E-state index in [-0.39, 0.29) is 24.0 Å². The molecule has 0 saturated heterocycles. The molecule has 6 aromatic rings. The molecule has 0 saturated carbocycles. The number of rotatable bonds is 8. The van der Waals surface area contributed by atoms with Crippen molar-refractivity contribution in [2.24, 2.45) is 0 Å². The zero-order valence-corrected chi connectivity index (χ0v) is 34.1. The Kier molecular flexibility index (Phi) is 8.40. The van der Waals surface area contributed by atoms with Gasteiger partial charge in [-0.05, 0) is 148 Å². The second-order valence-corrected chi connectivity index (χ2v) is 17.5. The lowest BCUT2D eigenvalue weighted by Gasteiger charge is -2.31.